The number of methoxy groups -OCH3 is 3. The molecule has 0 aliphatic heterocycles. The van der Waals surface area contributed by atoms with Crippen molar-refractivity contribution in [3.05, 3.63) is 59.9 Å². The van der Waals surface area contributed by atoms with Crippen molar-refractivity contribution < 1.29 is 19.0 Å². The monoisotopic (exact) mass is 445 g/mol. The van der Waals surface area contributed by atoms with Crippen molar-refractivity contribution in [2.24, 2.45) is 0 Å². The number of amides is 1. The molecule has 0 fully saturated rings. The summed E-state index contributed by atoms with van der Waals surface area (Å²) in [6.45, 7) is 1.99. The van der Waals surface area contributed by atoms with Crippen molar-refractivity contribution in [2.45, 2.75) is 6.92 Å². The molecule has 1 amide bonds. The lowest BCUT2D eigenvalue weighted by atomic mass is 10.0. The average Bonchev–Trinajstić information content (AvgIpc) is 2.83. The number of nitrogens with one attached hydrogen (secondary N) is 1. The number of ether oxygens (including phenoxy) is 3. The van der Waals surface area contributed by atoms with Gasteiger partial charge < -0.3 is 25.3 Å². The van der Waals surface area contributed by atoms with Gasteiger partial charge in [-0.15, -0.1) is 0 Å². The number of pyridine rings is 1. The summed E-state index contributed by atoms with van der Waals surface area (Å²) in [5, 5.41) is 3.70. The van der Waals surface area contributed by atoms with Gasteiger partial charge in [0.05, 0.1) is 21.3 Å². The molecule has 2 aromatic carbocycles. The lowest BCUT2D eigenvalue weighted by molar-refractivity contribution is 0.102. The molecule has 0 unspecified atom stereocenters. The number of nitrogen functional groups attached to an aromatic ring is 1. The molecule has 9 heteroatoms. The van der Waals surface area contributed by atoms with Gasteiger partial charge in [-0.25, -0.2) is 9.97 Å². The molecular formula is C24H23N5O4. The van der Waals surface area contributed by atoms with Gasteiger partial charge in [0, 0.05) is 34.6 Å². The molecule has 2 heterocycles. The summed E-state index contributed by atoms with van der Waals surface area (Å²) in [7, 11) is 4.51. The highest BCUT2D eigenvalue weighted by molar-refractivity contribution is 6.05. The maximum atomic E-state index is 13.0. The van der Waals surface area contributed by atoms with Crippen LogP contribution >= 0.6 is 0 Å². The van der Waals surface area contributed by atoms with Crippen LogP contribution in [0.4, 0.5) is 11.6 Å². The van der Waals surface area contributed by atoms with Gasteiger partial charge in [-0.3, -0.25) is 4.79 Å². The Morgan fingerprint density at radius 3 is 2.33 bits per heavy atom. The number of carbonyl (C=O) groups excluding carboxylic acids is 1. The second kappa shape index (κ2) is 8.99. The molecule has 0 radical (unpaired) electrons. The van der Waals surface area contributed by atoms with E-state index in [4.69, 9.17) is 19.9 Å². The minimum atomic E-state index is -0.315. The van der Waals surface area contributed by atoms with Crippen LogP contribution in [0.2, 0.25) is 0 Å². The normalized spacial score (nSPS) is 10.7. The van der Waals surface area contributed by atoms with Gasteiger partial charge in [-0.05, 0) is 48.4 Å². The molecular weight excluding hydrogens is 422 g/mol. The Balaban J connectivity index is 1.66. The van der Waals surface area contributed by atoms with E-state index in [2.05, 4.69) is 20.3 Å². The highest BCUT2D eigenvalue weighted by Gasteiger charge is 2.17. The molecule has 0 aliphatic rings. The number of rotatable bonds is 6. The van der Waals surface area contributed by atoms with E-state index < -0.39 is 0 Å². The van der Waals surface area contributed by atoms with Gasteiger partial charge in [0.25, 0.3) is 5.91 Å². The number of hydrogen-bond donors (Lipinski definition) is 2. The summed E-state index contributed by atoms with van der Waals surface area (Å²) in [6, 6.07) is 10.8. The maximum Gasteiger partial charge on any atom is 0.255 e. The van der Waals surface area contributed by atoms with Crippen LogP contribution in [-0.4, -0.2) is 42.2 Å². The predicted molar refractivity (Wildman–Crippen MR) is 126 cm³/mol. The fourth-order valence-electron chi connectivity index (χ4n) is 3.51. The lowest BCUT2D eigenvalue weighted by Crippen LogP contribution is -2.13. The molecule has 0 saturated carbocycles. The van der Waals surface area contributed by atoms with Crippen LogP contribution in [0, 0.1) is 6.92 Å². The number of aryl methyl sites for hydroxylation is 1. The molecule has 0 bridgehead atoms. The van der Waals surface area contributed by atoms with E-state index in [-0.39, 0.29) is 11.9 Å². The van der Waals surface area contributed by atoms with E-state index in [9.17, 15) is 4.79 Å². The van der Waals surface area contributed by atoms with E-state index in [1.54, 1.807) is 24.5 Å². The second-order valence-electron chi connectivity index (χ2n) is 7.26. The van der Waals surface area contributed by atoms with E-state index in [0.717, 1.165) is 22.1 Å². The van der Waals surface area contributed by atoms with Crippen molar-refractivity contribution in [1.82, 2.24) is 15.0 Å². The number of fused-ring (bicyclic) bond motifs is 1. The van der Waals surface area contributed by atoms with Crippen LogP contribution in [0.5, 0.6) is 17.2 Å². The number of nitrogens with zero attached hydrogens (tertiary/aromatic N) is 3. The summed E-state index contributed by atoms with van der Waals surface area (Å²) in [6.07, 6.45) is 3.36. The van der Waals surface area contributed by atoms with Gasteiger partial charge in [-0.2, -0.15) is 4.98 Å². The SMILES string of the molecule is COc1cc(C(=O)Nc2ccc(C)c(-c3cnc4nc(N)ncc4c3)c2)cc(OC)c1OC. The molecule has 4 aromatic rings. The Bertz CT molecular complexity index is 1330. The standard InChI is InChI=1S/C24H23N5O4/c1-13-5-6-17(10-18(13)15-7-16-12-27-24(25)29-22(16)26-11-15)28-23(30)14-8-19(31-2)21(33-4)20(9-14)32-3/h5-12H,1-4H3,(H,28,30)(H2,25,26,27,29). The number of hydrogen-bond acceptors (Lipinski definition) is 8. The number of benzene rings is 2. The number of carbonyl (C=O) groups is 1. The maximum absolute atomic E-state index is 13.0. The number of aromatic nitrogens is 3. The van der Waals surface area contributed by atoms with Gasteiger partial charge in [0.15, 0.2) is 17.1 Å². The van der Waals surface area contributed by atoms with Crippen LogP contribution in [-0.2, 0) is 0 Å². The first-order valence-electron chi connectivity index (χ1n) is 10.0. The quantitative estimate of drug-likeness (QED) is 0.459. The predicted octanol–water partition coefficient (Wildman–Crippen LogP) is 3.86. The van der Waals surface area contributed by atoms with Crippen LogP contribution < -0.4 is 25.3 Å². The lowest BCUT2D eigenvalue weighted by Gasteiger charge is -2.15. The second-order valence-corrected chi connectivity index (χ2v) is 7.26. The smallest absolute Gasteiger partial charge is 0.255 e. The minimum Gasteiger partial charge on any atom is -0.493 e. The van der Waals surface area contributed by atoms with Gasteiger partial charge in [0.1, 0.15) is 0 Å². The Hall–Kier alpha value is -4.40. The molecule has 3 N–H and O–H groups in total. The molecule has 0 atom stereocenters. The first-order valence-corrected chi connectivity index (χ1v) is 10.0. The van der Waals surface area contributed by atoms with Crippen LogP contribution in [0.1, 0.15) is 15.9 Å². The van der Waals surface area contributed by atoms with Gasteiger partial charge >= 0.3 is 0 Å². The Labute approximate surface area is 190 Å². The molecule has 9 nitrogen and oxygen atoms in total. The summed E-state index contributed by atoms with van der Waals surface area (Å²) in [5.74, 6) is 1.08. The van der Waals surface area contributed by atoms with E-state index in [1.165, 1.54) is 21.3 Å². The van der Waals surface area contributed by atoms with Gasteiger partial charge in [0.2, 0.25) is 11.7 Å². The molecule has 0 aliphatic carbocycles. The Morgan fingerprint density at radius 1 is 0.939 bits per heavy atom. The van der Waals surface area contributed by atoms with Crippen molar-refractivity contribution in [1.29, 1.82) is 0 Å². The topological polar surface area (TPSA) is 121 Å². The summed E-state index contributed by atoms with van der Waals surface area (Å²) >= 11 is 0. The molecule has 33 heavy (non-hydrogen) atoms. The van der Waals surface area contributed by atoms with Crippen molar-refractivity contribution in [2.75, 3.05) is 32.4 Å². The average molecular weight is 445 g/mol. The van der Waals surface area contributed by atoms with Gasteiger partial charge in [-0.1, -0.05) is 6.07 Å². The van der Waals surface area contributed by atoms with E-state index in [0.29, 0.717) is 34.1 Å². The Morgan fingerprint density at radius 2 is 1.67 bits per heavy atom. The van der Waals surface area contributed by atoms with Crippen molar-refractivity contribution >= 4 is 28.6 Å². The molecule has 0 saturated heterocycles. The number of anilines is 2. The van der Waals surface area contributed by atoms with Crippen LogP contribution in [0.15, 0.2) is 48.8 Å². The fraction of sp³-hybridized carbons (Fsp3) is 0.167. The number of nitrogens with two attached hydrogens (primary N) is 1. The first kappa shape index (κ1) is 21.8. The summed E-state index contributed by atoms with van der Waals surface area (Å²) < 4.78 is 16.0. The third kappa shape index (κ3) is 4.33. The highest BCUT2D eigenvalue weighted by atomic mass is 16.5. The zero-order chi connectivity index (χ0) is 23.5. The Kier molecular flexibility index (Phi) is 5.95. The van der Waals surface area contributed by atoms with Crippen LogP contribution in [0.3, 0.4) is 0 Å². The third-order valence-electron chi connectivity index (χ3n) is 5.18. The fourth-order valence-corrected chi connectivity index (χ4v) is 3.51. The zero-order valence-electron chi connectivity index (χ0n) is 18.7. The zero-order valence-corrected chi connectivity index (χ0v) is 18.7. The van der Waals surface area contributed by atoms with Crippen molar-refractivity contribution in [3.8, 4) is 28.4 Å². The first-order chi connectivity index (χ1) is 15.9. The highest BCUT2D eigenvalue weighted by Crippen LogP contribution is 2.38. The van der Waals surface area contributed by atoms with Crippen LogP contribution in [0.25, 0.3) is 22.2 Å². The third-order valence-corrected chi connectivity index (χ3v) is 5.18. The molecule has 4 rings (SSSR count). The summed E-state index contributed by atoms with van der Waals surface area (Å²) in [4.78, 5) is 25.5. The van der Waals surface area contributed by atoms with E-state index in [1.807, 2.05) is 31.2 Å². The van der Waals surface area contributed by atoms with Crippen molar-refractivity contribution in [3.63, 3.8) is 0 Å². The van der Waals surface area contributed by atoms with E-state index >= 15 is 0 Å². The molecule has 0 spiro atoms. The molecule has 2 aromatic heterocycles. The molecule has 168 valence electrons. The minimum absolute atomic E-state index is 0.176. The largest absolute Gasteiger partial charge is 0.493 e. The summed E-state index contributed by atoms with van der Waals surface area (Å²) in [5.41, 5.74) is 9.98.